The van der Waals surface area contributed by atoms with Crippen molar-refractivity contribution < 1.29 is 19.0 Å². The molecule has 26 heavy (non-hydrogen) atoms. The summed E-state index contributed by atoms with van der Waals surface area (Å²) in [7, 11) is 1.65. The number of methoxy groups -OCH3 is 1. The normalized spacial score (nSPS) is 23.2. The lowest BCUT2D eigenvalue weighted by Gasteiger charge is -2.29. The topological polar surface area (TPSA) is 68.8 Å². The van der Waals surface area contributed by atoms with Crippen LogP contribution in [0.15, 0.2) is 18.2 Å². The van der Waals surface area contributed by atoms with Crippen molar-refractivity contribution in [2.24, 2.45) is 0 Å². The number of morpholine rings is 1. The summed E-state index contributed by atoms with van der Waals surface area (Å²) in [6.07, 6.45) is 4.74. The number of ether oxygens (including phenoxy) is 3. The second-order valence-electron chi connectivity index (χ2n) is 6.72. The Kier molecular flexibility index (Phi) is 8.00. The third kappa shape index (κ3) is 5.25. The van der Waals surface area contributed by atoms with Gasteiger partial charge in [-0.2, -0.15) is 0 Å². The maximum Gasteiger partial charge on any atom is 0.240 e. The first-order valence-electron chi connectivity index (χ1n) is 9.13. The number of halogens is 1. The lowest BCUT2D eigenvalue weighted by molar-refractivity contribution is -0.129. The molecule has 2 aliphatic rings. The average Bonchev–Trinajstić information content (AvgIpc) is 3.13. The summed E-state index contributed by atoms with van der Waals surface area (Å²) < 4.78 is 17.0. The quantitative estimate of drug-likeness (QED) is 0.788. The Morgan fingerprint density at radius 2 is 2.12 bits per heavy atom. The Hall–Kier alpha value is -1.50. The zero-order valence-corrected chi connectivity index (χ0v) is 16.3. The molecule has 2 atom stereocenters. The van der Waals surface area contributed by atoms with Crippen molar-refractivity contribution in [3.63, 3.8) is 0 Å². The minimum absolute atomic E-state index is 0. The lowest BCUT2D eigenvalue weighted by atomic mass is 10.1. The van der Waals surface area contributed by atoms with Gasteiger partial charge in [0.15, 0.2) is 0 Å². The number of benzene rings is 1. The molecule has 2 fully saturated rings. The van der Waals surface area contributed by atoms with E-state index in [1.807, 2.05) is 25.1 Å². The van der Waals surface area contributed by atoms with Gasteiger partial charge in [0.25, 0.3) is 0 Å². The van der Waals surface area contributed by atoms with Crippen LogP contribution in [0.5, 0.6) is 11.5 Å². The molecule has 1 heterocycles. The van der Waals surface area contributed by atoms with Crippen LogP contribution in [0.4, 0.5) is 0 Å². The summed E-state index contributed by atoms with van der Waals surface area (Å²) in [5.74, 6) is 1.52. The molecule has 7 heteroatoms. The van der Waals surface area contributed by atoms with Gasteiger partial charge in [0, 0.05) is 24.7 Å². The molecule has 1 aliphatic carbocycles. The van der Waals surface area contributed by atoms with Gasteiger partial charge in [-0.3, -0.25) is 4.79 Å². The van der Waals surface area contributed by atoms with Crippen LogP contribution in [0.25, 0.3) is 0 Å². The van der Waals surface area contributed by atoms with E-state index in [4.69, 9.17) is 14.2 Å². The van der Waals surface area contributed by atoms with E-state index < -0.39 is 0 Å². The average molecular weight is 385 g/mol. The summed E-state index contributed by atoms with van der Waals surface area (Å²) >= 11 is 0. The first-order chi connectivity index (χ1) is 12.2. The van der Waals surface area contributed by atoms with Crippen molar-refractivity contribution in [3.8, 4) is 11.5 Å². The van der Waals surface area contributed by atoms with E-state index in [1.165, 1.54) is 12.8 Å². The van der Waals surface area contributed by atoms with Gasteiger partial charge in [-0.1, -0.05) is 0 Å². The van der Waals surface area contributed by atoms with Crippen molar-refractivity contribution >= 4 is 18.3 Å². The maximum absolute atomic E-state index is 12.4. The van der Waals surface area contributed by atoms with Gasteiger partial charge in [0.2, 0.25) is 5.91 Å². The molecule has 0 unspecified atom stereocenters. The second-order valence-corrected chi connectivity index (χ2v) is 6.72. The molecular formula is C19H29ClN2O4. The van der Waals surface area contributed by atoms with Gasteiger partial charge < -0.3 is 24.8 Å². The predicted molar refractivity (Wildman–Crippen MR) is 102 cm³/mol. The smallest absolute Gasteiger partial charge is 0.240 e. The highest BCUT2D eigenvalue weighted by Gasteiger charge is 2.28. The third-order valence-corrected chi connectivity index (χ3v) is 4.92. The van der Waals surface area contributed by atoms with E-state index in [-0.39, 0.29) is 36.6 Å². The van der Waals surface area contributed by atoms with Gasteiger partial charge in [-0.25, -0.2) is 0 Å². The Morgan fingerprint density at radius 1 is 1.35 bits per heavy atom. The SMILES string of the molecule is COc1ccc(CNC(=O)[C@H]2NCCO[C@@H]2C)c(OC2CCCC2)c1.Cl. The summed E-state index contributed by atoms with van der Waals surface area (Å²) in [6, 6.07) is 5.45. The van der Waals surface area contributed by atoms with Crippen LogP contribution in [-0.4, -0.2) is 44.4 Å². The zero-order valence-electron chi connectivity index (χ0n) is 15.5. The molecular weight excluding hydrogens is 356 g/mol. The van der Waals surface area contributed by atoms with Crippen molar-refractivity contribution in [2.45, 2.75) is 57.4 Å². The molecule has 0 aromatic heterocycles. The van der Waals surface area contributed by atoms with Crippen LogP contribution < -0.4 is 20.1 Å². The molecule has 1 saturated heterocycles. The van der Waals surface area contributed by atoms with Gasteiger partial charge in [0.1, 0.15) is 17.5 Å². The van der Waals surface area contributed by atoms with Gasteiger partial charge >= 0.3 is 0 Å². The van der Waals surface area contributed by atoms with Crippen LogP contribution in [-0.2, 0) is 16.1 Å². The molecule has 1 saturated carbocycles. The van der Waals surface area contributed by atoms with Gasteiger partial charge in [0.05, 0.1) is 25.9 Å². The highest BCUT2D eigenvalue weighted by atomic mass is 35.5. The summed E-state index contributed by atoms with van der Waals surface area (Å²) in [5, 5.41) is 6.21. The van der Waals surface area contributed by atoms with Crippen molar-refractivity contribution in [1.29, 1.82) is 0 Å². The Labute approximate surface area is 161 Å². The number of carbonyl (C=O) groups excluding carboxylic acids is 1. The van der Waals surface area contributed by atoms with E-state index >= 15 is 0 Å². The number of hydrogen-bond donors (Lipinski definition) is 2. The Balaban J connectivity index is 0.00000243. The number of carbonyl (C=O) groups is 1. The fraction of sp³-hybridized carbons (Fsp3) is 0.632. The van der Waals surface area contributed by atoms with Crippen LogP contribution in [0.1, 0.15) is 38.2 Å². The number of rotatable bonds is 6. The fourth-order valence-corrected chi connectivity index (χ4v) is 3.42. The van der Waals surface area contributed by atoms with E-state index in [0.29, 0.717) is 19.7 Å². The van der Waals surface area contributed by atoms with Crippen LogP contribution >= 0.6 is 12.4 Å². The zero-order chi connectivity index (χ0) is 17.6. The molecule has 1 aliphatic heterocycles. The highest BCUT2D eigenvalue weighted by molar-refractivity contribution is 5.85. The molecule has 0 radical (unpaired) electrons. The summed E-state index contributed by atoms with van der Waals surface area (Å²) in [5.41, 5.74) is 0.963. The Morgan fingerprint density at radius 3 is 2.81 bits per heavy atom. The molecule has 1 aromatic rings. The minimum Gasteiger partial charge on any atom is -0.497 e. The summed E-state index contributed by atoms with van der Waals surface area (Å²) in [4.78, 5) is 12.4. The molecule has 6 nitrogen and oxygen atoms in total. The predicted octanol–water partition coefficient (Wildman–Crippen LogP) is 2.43. The molecule has 146 valence electrons. The minimum atomic E-state index is -0.314. The Bertz CT molecular complexity index is 593. The van der Waals surface area contributed by atoms with Crippen molar-refractivity contribution in [2.75, 3.05) is 20.3 Å². The van der Waals surface area contributed by atoms with Crippen LogP contribution in [0, 0.1) is 0 Å². The highest BCUT2D eigenvalue weighted by Crippen LogP contribution is 2.30. The van der Waals surface area contributed by atoms with E-state index in [2.05, 4.69) is 10.6 Å². The fourth-order valence-electron chi connectivity index (χ4n) is 3.42. The van der Waals surface area contributed by atoms with Crippen LogP contribution in [0.2, 0.25) is 0 Å². The molecule has 1 amide bonds. The molecule has 2 N–H and O–H groups in total. The molecule has 0 spiro atoms. The van der Waals surface area contributed by atoms with E-state index in [1.54, 1.807) is 7.11 Å². The third-order valence-electron chi connectivity index (χ3n) is 4.92. The number of nitrogens with one attached hydrogen (secondary N) is 2. The first-order valence-corrected chi connectivity index (χ1v) is 9.13. The van der Waals surface area contributed by atoms with Crippen LogP contribution in [0.3, 0.4) is 0 Å². The lowest BCUT2D eigenvalue weighted by Crippen LogP contribution is -2.55. The molecule has 3 rings (SSSR count). The largest absolute Gasteiger partial charge is 0.497 e. The monoisotopic (exact) mass is 384 g/mol. The standard InChI is InChI=1S/C19H28N2O4.ClH/c1-13-18(20-9-10-24-13)19(22)21-12-14-7-8-16(23-2)11-17(14)25-15-5-3-4-6-15;/h7-8,11,13,15,18,20H,3-6,9-10,12H2,1-2H3,(H,21,22);1H/t13-,18+;/m1./s1. The van der Waals surface area contributed by atoms with E-state index in [0.717, 1.165) is 29.9 Å². The van der Waals surface area contributed by atoms with E-state index in [9.17, 15) is 4.79 Å². The van der Waals surface area contributed by atoms with Gasteiger partial charge in [-0.15, -0.1) is 12.4 Å². The van der Waals surface area contributed by atoms with Gasteiger partial charge in [-0.05, 0) is 44.7 Å². The van der Waals surface area contributed by atoms with Crippen molar-refractivity contribution in [1.82, 2.24) is 10.6 Å². The van der Waals surface area contributed by atoms with Crippen molar-refractivity contribution in [3.05, 3.63) is 23.8 Å². The first kappa shape index (κ1) is 20.8. The summed E-state index contributed by atoms with van der Waals surface area (Å²) in [6.45, 7) is 3.68. The number of amides is 1. The second kappa shape index (κ2) is 10.00. The maximum atomic E-state index is 12.4. The molecule has 0 bridgehead atoms. The number of hydrogen-bond acceptors (Lipinski definition) is 5. The molecule has 1 aromatic carbocycles.